The van der Waals surface area contributed by atoms with Crippen molar-refractivity contribution < 1.29 is 0 Å². The van der Waals surface area contributed by atoms with Crippen molar-refractivity contribution in [2.24, 2.45) is 0 Å². The van der Waals surface area contributed by atoms with Crippen LogP contribution in [0.2, 0.25) is 0 Å². The van der Waals surface area contributed by atoms with E-state index >= 15 is 0 Å². The molecule has 180 valence electrons. The summed E-state index contributed by atoms with van der Waals surface area (Å²) in [5.41, 5.74) is 11.6. The number of hydrogen-bond donors (Lipinski definition) is 0. The summed E-state index contributed by atoms with van der Waals surface area (Å²) in [6.45, 7) is 8.52. The maximum atomic E-state index is 4.64. The lowest BCUT2D eigenvalue weighted by molar-refractivity contribution is 1.14. The molecule has 4 aromatic heterocycles. The second kappa shape index (κ2) is 10.2. The number of pyridine rings is 2. The first-order valence-electron chi connectivity index (χ1n) is 12.6. The number of imidazole rings is 2. The monoisotopic (exact) mass is 472 g/mol. The Morgan fingerprint density at radius 1 is 0.500 bits per heavy atom. The maximum Gasteiger partial charge on any atom is 0.137 e. The van der Waals surface area contributed by atoms with Crippen molar-refractivity contribution in [1.29, 1.82) is 0 Å². The quantitative estimate of drug-likeness (QED) is 0.263. The fourth-order valence-electron chi connectivity index (χ4n) is 4.31. The van der Waals surface area contributed by atoms with Gasteiger partial charge in [-0.1, -0.05) is 74.5 Å². The average molecular weight is 473 g/mol. The molecule has 0 aliphatic carbocycles. The Kier molecular flexibility index (Phi) is 6.68. The maximum absolute atomic E-state index is 4.64. The molecule has 0 N–H and O–H groups in total. The zero-order valence-corrected chi connectivity index (χ0v) is 21.4. The Morgan fingerprint density at radius 3 is 1.25 bits per heavy atom. The summed E-state index contributed by atoms with van der Waals surface area (Å²) >= 11 is 0. The van der Waals surface area contributed by atoms with E-state index in [1.54, 1.807) is 0 Å². The molecular formula is C32H32N4. The van der Waals surface area contributed by atoms with Crippen LogP contribution in [0.1, 0.15) is 36.1 Å². The van der Waals surface area contributed by atoms with Gasteiger partial charge in [-0.05, 0) is 61.1 Å². The van der Waals surface area contributed by atoms with Gasteiger partial charge in [-0.2, -0.15) is 0 Å². The summed E-state index contributed by atoms with van der Waals surface area (Å²) in [6.07, 6.45) is 10.5. The lowest BCUT2D eigenvalue weighted by Crippen LogP contribution is -1.82. The third kappa shape index (κ3) is 5.08. The molecule has 2 aromatic carbocycles. The van der Waals surface area contributed by atoms with Crippen LogP contribution in [0.4, 0.5) is 0 Å². The van der Waals surface area contributed by atoms with Crippen LogP contribution >= 0.6 is 0 Å². The van der Waals surface area contributed by atoms with E-state index in [-0.39, 0.29) is 0 Å². The lowest BCUT2D eigenvalue weighted by Gasteiger charge is -1.98. The van der Waals surface area contributed by atoms with E-state index in [1.165, 1.54) is 33.4 Å². The van der Waals surface area contributed by atoms with Gasteiger partial charge in [0.2, 0.25) is 0 Å². The van der Waals surface area contributed by atoms with Gasteiger partial charge in [0, 0.05) is 35.9 Å². The second-order valence-electron chi connectivity index (χ2n) is 9.30. The zero-order chi connectivity index (χ0) is 25.1. The molecule has 0 amide bonds. The van der Waals surface area contributed by atoms with Crippen molar-refractivity contribution in [1.82, 2.24) is 18.8 Å². The van der Waals surface area contributed by atoms with Crippen LogP contribution in [0.15, 0.2) is 97.6 Å². The molecule has 4 heteroatoms. The number of aromatic nitrogens is 4. The van der Waals surface area contributed by atoms with Crippen LogP contribution in [-0.4, -0.2) is 18.8 Å². The molecule has 0 saturated carbocycles. The molecule has 0 aliphatic heterocycles. The van der Waals surface area contributed by atoms with E-state index in [4.69, 9.17) is 0 Å². The van der Waals surface area contributed by atoms with Crippen LogP contribution in [0.3, 0.4) is 0 Å². The minimum absolute atomic E-state index is 0.996. The second-order valence-corrected chi connectivity index (χ2v) is 9.30. The van der Waals surface area contributed by atoms with E-state index in [0.29, 0.717) is 0 Å². The topological polar surface area (TPSA) is 34.6 Å². The van der Waals surface area contributed by atoms with Gasteiger partial charge in [0.1, 0.15) is 11.3 Å². The van der Waals surface area contributed by atoms with Gasteiger partial charge in [0.15, 0.2) is 0 Å². The Balaban J connectivity index is 0.000000148. The highest BCUT2D eigenvalue weighted by Crippen LogP contribution is 2.21. The highest BCUT2D eigenvalue weighted by atomic mass is 15.0. The van der Waals surface area contributed by atoms with Crippen LogP contribution in [0.5, 0.6) is 0 Å². The van der Waals surface area contributed by atoms with Gasteiger partial charge < -0.3 is 8.80 Å². The molecule has 0 spiro atoms. The molecule has 36 heavy (non-hydrogen) atoms. The largest absolute Gasteiger partial charge is 0.306 e. The Bertz CT molecular complexity index is 1480. The van der Waals surface area contributed by atoms with E-state index in [9.17, 15) is 0 Å². The summed E-state index contributed by atoms with van der Waals surface area (Å²) in [5, 5.41) is 0. The van der Waals surface area contributed by atoms with Crippen LogP contribution in [-0.2, 0) is 12.8 Å². The Hall–Kier alpha value is -4.18. The molecule has 0 bridgehead atoms. The first-order valence-corrected chi connectivity index (χ1v) is 12.6. The summed E-state index contributed by atoms with van der Waals surface area (Å²) in [5.74, 6) is 0. The molecule has 6 rings (SSSR count). The van der Waals surface area contributed by atoms with E-state index in [0.717, 1.165) is 35.5 Å². The molecular weight excluding hydrogens is 440 g/mol. The molecule has 0 aliphatic rings. The van der Waals surface area contributed by atoms with Gasteiger partial charge in [-0.25, -0.2) is 9.97 Å². The molecule has 0 unspecified atom stereocenters. The number of benzene rings is 2. The molecule has 4 nitrogen and oxygen atoms in total. The van der Waals surface area contributed by atoms with Gasteiger partial charge in [-0.15, -0.1) is 0 Å². The van der Waals surface area contributed by atoms with E-state index in [2.05, 4.69) is 144 Å². The number of nitrogens with zero attached hydrogens (tertiary/aromatic N) is 4. The number of fused-ring (bicyclic) bond motifs is 2. The number of rotatable bonds is 4. The molecule has 0 atom stereocenters. The van der Waals surface area contributed by atoms with Crippen LogP contribution in [0, 0.1) is 13.8 Å². The van der Waals surface area contributed by atoms with Gasteiger partial charge in [0.05, 0.1) is 11.4 Å². The number of aryl methyl sites for hydroxylation is 4. The van der Waals surface area contributed by atoms with Crippen molar-refractivity contribution in [2.45, 2.75) is 40.5 Å². The minimum Gasteiger partial charge on any atom is -0.306 e. The Morgan fingerprint density at radius 2 is 0.889 bits per heavy atom. The third-order valence-electron chi connectivity index (χ3n) is 6.51. The van der Waals surface area contributed by atoms with Crippen molar-refractivity contribution in [2.75, 3.05) is 0 Å². The Labute approximate surface area is 212 Å². The highest BCUT2D eigenvalue weighted by molar-refractivity contribution is 5.64. The molecule has 4 heterocycles. The highest BCUT2D eigenvalue weighted by Gasteiger charge is 2.05. The average Bonchev–Trinajstić information content (AvgIpc) is 3.53. The van der Waals surface area contributed by atoms with Gasteiger partial charge in [-0.3, -0.25) is 0 Å². The SMILES string of the molecule is CCc1ccc(-c2cn3cc(C)ccc3n2)cc1.CCc1ccc(-c2cn3cc(C)ccc3n2)cc1. The van der Waals surface area contributed by atoms with E-state index in [1.807, 2.05) is 0 Å². The van der Waals surface area contributed by atoms with Crippen LogP contribution in [0.25, 0.3) is 33.8 Å². The zero-order valence-electron chi connectivity index (χ0n) is 21.4. The first-order chi connectivity index (χ1) is 17.5. The van der Waals surface area contributed by atoms with Crippen molar-refractivity contribution in [3.63, 3.8) is 0 Å². The van der Waals surface area contributed by atoms with Crippen molar-refractivity contribution >= 4 is 11.3 Å². The third-order valence-corrected chi connectivity index (χ3v) is 6.51. The van der Waals surface area contributed by atoms with Crippen LogP contribution < -0.4 is 0 Å². The minimum atomic E-state index is 0.996. The normalized spacial score (nSPS) is 11.0. The first kappa shape index (κ1) is 23.6. The molecule has 0 saturated heterocycles. The summed E-state index contributed by atoms with van der Waals surface area (Å²) < 4.78 is 4.16. The molecule has 0 radical (unpaired) electrons. The van der Waals surface area contributed by atoms with Gasteiger partial charge in [0.25, 0.3) is 0 Å². The predicted octanol–water partition coefficient (Wildman–Crippen LogP) is 7.74. The van der Waals surface area contributed by atoms with E-state index < -0.39 is 0 Å². The van der Waals surface area contributed by atoms with Crippen molar-refractivity contribution in [3.05, 3.63) is 120 Å². The molecule has 0 fully saturated rings. The smallest absolute Gasteiger partial charge is 0.137 e. The molecule has 6 aromatic rings. The summed E-state index contributed by atoms with van der Waals surface area (Å²) in [7, 11) is 0. The summed E-state index contributed by atoms with van der Waals surface area (Å²) in [6, 6.07) is 25.6. The van der Waals surface area contributed by atoms with Crippen molar-refractivity contribution in [3.8, 4) is 22.5 Å². The number of hydrogen-bond acceptors (Lipinski definition) is 2. The predicted molar refractivity (Wildman–Crippen MR) is 149 cm³/mol. The summed E-state index contributed by atoms with van der Waals surface area (Å²) in [4.78, 5) is 9.29. The standard InChI is InChI=1S/2C16H16N2/c2*1-3-13-5-7-14(8-6-13)15-11-18-10-12(2)4-9-16(18)17-15/h2*4-11H,3H2,1-2H3. The van der Waals surface area contributed by atoms with Gasteiger partial charge >= 0.3 is 0 Å². The fraction of sp³-hybridized carbons (Fsp3) is 0.188. The lowest BCUT2D eigenvalue weighted by atomic mass is 10.1. The fourth-order valence-corrected chi connectivity index (χ4v) is 4.31.